The van der Waals surface area contributed by atoms with Gasteiger partial charge in [0.2, 0.25) is 0 Å². The molecule has 2 nitrogen and oxygen atoms in total. The molecule has 0 unspecified atom stereocenters. The minimum Gasteiger partial charge on any atom is -0.299 e. The molecule has 38 valence electrons. The maximum Gasteiger partial charge on any atom is 0.0635 e. The van der Waals surface area contributed by atoms with Gasteiger partial charge in [0.25, 0.3) is 0 Å². The van der Waals surface area contributed by atoms with Crippen molar-refractivity contribution in [2.75, 3.05) is 13.6 Å². The van der Waals surface area contributed by atoms with Crippen molar-refractivity contribution in [3.63, 3.8) is 0 Å². The topological polar surface area (TPSA) is 27.0 Å². The van der Waals surface area contributed by atoms with Crippen molar-refractivity contribution in [1.29, 1.82) is 5.26 Å². The Morgan fingerprint density at radius 1 is 1.86 bits per heavy atom. The van der Waals surface area contributed by atoms with Gasteiger partial charge in [-0.2, -0.15) is 5.26 Å². The molecule has 0 aliphatic heterocycles. The number of hydrogen-bond donors (Lipinski definition) is 0. The van der Waals surface area contributed by atoms with E-state index in [1.165, 1.54) is 4.90 Å². The normalized spacial score (nSPS) is 8.86. The Morgan fingerprint density at radius 2 is 2.43 bits per heavy atom. The van der Waals surface area contributed by atoms with Crippen molar-refractivity contribution in [3.05, 3.63) is 7.05 Å². The summed E-state index contributed by atoms with van der Waals surface area (Å²) < 4.78 is 0. The van der Waals surface area contributed by atoms with Crippen molar-refractivity contribution in [2.24, 2.45) is 0 Å². The van der Waals surface area contributed by atoms with E-state index >= 15 is 0 Å². The summed E-state index contributed by atoms with van der Waals surface area (Å²) in [5.41, 5.74) is 0. The lowest BCUT2D eigenvalue weighted by Gasteiger charge is -2.01. The van der Waals surface area contributed by atoms with Crippen LogP contribution in [0.15, 0.2) is 0 Å². The largest absolute Gasteiger partial charge is 0.299 e. The van der Waals surface area contributed by atoms with Crippen LogP contribution < -0.4 is 0 Å². The third-order valence-corrected chi connectivity index (χ3v) is 0.576. The van der Waals surface area contributed by atoms with Crippen LogP contribution in [0.25, 0.3) is 0 Å². The molecule has 0 saturated heterocycles. The van der Waals surface area contributed by atoms with Crippen molar-refractivity contribution in [3.8, 4) is 6.07 Å². The van der Waals surface area contributed by atoms with Gasteiger partial charge in [-0.05, 0) is 7.05 Å². The Kier molecular flexibility index (Phi) is 3.35. The van der Waals surface area contributed by atoms with Crippen LogP contribution in [-0.4, -0.2) is 18.5 Å². The second-order valence-electron chi connectivity index (χ2n) is 1.39. The molecule has 0 amide bonds. The van der Waals surface area contributed by atoms with E-state index in [0.29, 0.717) is 13.0 Å². The molecular weight excluding hydrogens is 88.1 g/mol. The van der Waals surface area contributed by atoms with E-state index in [-0.39, 0.29) is 0 Å². The third kappa shape index (κ3) is 5.45. The molecule has 2 heteroatoms. The van der Waals surface area contributed by atoms with Gasteiger partial charge in [0, 0.05) is 20.0 Å². The van der Waals surface area contributed by atoms with Crippen LogP contribution in [0.2, 0.25) is 0 Å². The van der Waals surface area contributed by atoms with E-state index in [4.69, 9.17) is 12.3 Å². The van der Waals surface area contributed by atoms with Gasteiger partial charge in [0.15, 0.2) is 0 Å². The molecule has 0 aromatic heterocycles. The zero-order chi connectivity index (χ0) is 5.70. The Hall–Kier alpha value is -0.550. The van der Waals surface area contributed by atoms with Gasteiger partial charge < -0.3 is 0 Å². The van der Waals surface area contributed by atoms with Gasteiger partial charge in [-0.15, -0.1) is 0 Å². The first-order chi connectivity index (χ1) is 3.27. The Labute approximate surface area is 44.4 Å². The summed E-state index contributed by atoms with van der Waals surface area (Å²) in [7, 11) is 6.89. The molecule has 0 spiro atoms. The van der Waals surface area contributed by atoms with E-state index < -0.39 is 0 Å². The number of nitriles is 1. The van der Waals surface area contributed by atoms with Crippen molar-refractivity contribution in [1.82, 2.24) is 4.90 Å². The molecule has 0 saturated carbocycles. The van der Waals surface area contributed by atoms with Crippen LogP contribution in [0.5, 0.6) is 0 Å². The summed E-state index contributed by atoms with van der Waals surface area (Å²) in [6.45, 7) is 0.649. The summed E-state index contributed by atoms with van der Waals surface area (Å²) in [6, 6.07) is 1.98. The maximum atomic E-state index is 7.98. The van der Waals surface area contributed by atoms with Crippen molar-refractivity contribution in [2.45, 2.75) is 6.42 Å². The molecule has 0 aliphatic carbocycles. The molecule has 0 atom stereocenters. The Morgan fingerprint density at radius 3 is 2.57 bits per heavy atom. The third-order valence-electron chi connectivity index (χ3n) is 0.576. The summed E-state index contributed by atoms with van der Waals surface area (Å²) >= 11 is 0. The summed E-state index contributed by atoms with van der Waals surface area (Å²) in [4.78, 5) is 1.49. The highest BCUT2D eigenvalue weighted by Gasteiger charge is 1.84. The first kappa shape index (κ1) is 6.45. The fourth-order valence-corrected chi connectivity index (χ4v) is 0.226. The van der Waals surface area contributed by atoms with Gasteiger partial charge in [-0.25, -0.2) is 0 Å². The van der Waals surface area contributed by atoms with Crippen LogP contribution in [-0.2, 0) is 0 Å². The molecule has 0 aliphatic rings. The van der Waals surface area contributed by atoms with E-state index in [0.717, 1.165) is 0 Å². The minimum absolute atomic E-state index is 0.507. The van der Waals surface area contributed by atoms with E-state index in [1.54, 1.807) is 7.05 Å². The number of rotatable bonds is 2. The van der Waals surface area contributed by atoms with Gasteiger partial charge in [0.1, 0.15) is 0 Å². The predicted octanol–water partition coefficient (Wildman–Crippen LogP) is 0.500. The monoisotopic (exact) mass is 96.1 g/mol. The summed E-state index contributed by atoms with van der Waals surface area (Å²) in [5, 5.41) is 7.98. The second kappa shape index (κ2) is 3.63. The minimum atomic E-state index is 0.507. The van der Waals surface area contributed by atoms with Crippen molar-refractivity contribution >= 4 is 0 Å². The van der Waals surface area contributed by atoms with Crippen LogP contribution in [0.4, 0.5) is 0 Å². The quantitative estimate of drug-likeness (QED) is 0.468. The zero-order valence-electron chi connectivity index (χ0n) is 4.39. The maximum absolute atomic E-state index is 7.98. The molecule has 0 rings (SSSR count). The van der Waals surface area contributed by atoms with Gasteiger partial charge in [-0.1, -0.05) is 0 Å². The van der Waals surface area contributed by atoms with E-state index in [9.17, 15) is 0 Å². The van der Waals surface area contributed by atoms with Gasteiger partial charge in [0.05, 0.1) is 6.07 Å². The Bertz CT molecular complexity index is 70.6. The van der Waals surface area contributed by atoms with E-state index in [1.807, 2.05) is 6.07 Å². The number of nitrogens with zero attached hydrogens (tertiary/aromatic N) is 2. The average molecular weight is 96.1 g/mol. The zero-order valence-corrected chi connectivity index (χ0v) is 4.39. The highest BCUT2D eigenvalue weighted by Crippen LogP contribution is 1.78. The molecule has 0 bridgehead atoms. The second-order valence-corrected chi connectivity index (χ2v) is 1.39. The fraction of sp³-hybridized carbons (Fsp3) is 0.600. The average Bonchev–Trinajstić information content (AvgIpc) is 1.61. The van der Waals surface area contributed by atoms with Gasteiger partial charge >= 0.3 is 0 Å². The molecule has 0 aromatic rings. The molecule has 0 N–H and O–H groups in total. The first-order valence-electron chi connectivity index (χ1n) is 2.10. The highest BCUT2D eigenvalue weighted by atomic mass is 15.0. The predicted molar refractivity (Wildman–Crippen MR) is 27.2 cm³/mol. The standard InChI is InChI=1S/C5H8N2/c1-7(2)5-3-4-6/h1H,3,5H2,2H3. The van der Waals surface area contributed by atoms with Crippen LogP contribution in [0.1, 0.15) is 6.42 Å². The molecule has 0 aromatic carbocycles. The highest BCUT2D eigenvalue weighted by molar-refractivity contribution is 4.70. The van der Waals surface area contributed by atoms with Gasteiger partial charge in [-0.3, -0.25) is 4.90 Å². The van der Waals surface area contributed by atoms with Crippen molar-refractivity contribution < 1.29 is 0 Å². The lowest BCUT2D eigenvalue weighted by Crippen LogP contribution is -2.08. The lowest BCUT2D eigenvalue weighted by molar-refractivity contribution is 0.461. The smallest absolute Gasteiger partial charge is 0.0635 e. The summed E-state index contributed by atoms with van der Waals surface area (Å²) in [5.74, 6) is 0. The fourth-order valence-electron chi connectivity index (χ4n) is 0.226. The molecular formula is C5H8N2. The Balaban J connectivity index is 2.86. The van der Waals surface area contributed by atoms with Crippen LogP contribution >= 0.6 is 0 Å². The van der Waals surface area contributed by atoms with Crippen LogP contribution in [0, 0.1) is 18.4 Å². The van der Waals surface area contributed by atoms with E-state index in [2.05, 4.69) is 0 Å². The first-order valence-corrected chi connectivity index (χ1v) is 2.10. The number of hydrogen-bond acceptors (Lipinski definition) is 2. The molecule has 2 radical (unpaired) electrons. The lowest BCUT2D eigenvalue weighted by atomic mass is 10.4. The van der Waals surface area contributed by atoms with Crippen LogP contribution in [0.3, 0.4) is 0 Å². The molecule has 0 fully saturated rings. The molecule has 0 heterocycles. The SMILES string of the molecule is [CH]N(C)CCC#N. The molecule has 7 heavy (non-hydrogen) atoms. The summed E-state index contributed by atoms with van der Waals surface area (Å²) in [6.07, 6.45) is 0.507.